The Labute approximate surface area is 85.4 Å². The first-order valence-electron chi connectivity index (χ1n) is 4.68. The van der Waals surface area contributed by atoms with Crippen LogP contribution < -0.4 is 10.5 Å². The molecule has 0 aliphatic heterocycles. The van der Waals surface area contributed by atoms with Crippen molar-refractivity contribution in [2.45, 2.75) is 20.3 Å². The standard InChI is InChI=1S/C12H17NO/c1-9(10(2)13)7-11-5-4-6-12(8-11)14-3/h4-6,8H,7,13H2,1-3H3/b10-9+. The van der Waals surface area contributed by atoms with Gasteiger partial charge < -0.3 is 10.5 Å². The molecule has 1 aromatic rings. The van der Waals surface area contributed by atoms with Gasteiger partial charge in [-0.1, -0.05) is 17.7 Å². The lowest BCUT2D eigenvalue weighted by molar-refractivity contribution is 0.414. The Balaban J connectivity index is 2.82. The van der Waals surface area contributed by atoms with E-state index in [0.717, 1.165) is 17.9 Å². The van der Waals surface area contributed by atoms with Gasteiger partial charge in [0.05, 0.1) is 7.11 Å². The van der Waals surface area contributed by atoms with Crippen molar-refractivity contribution in [2.24, 2.45) is 5.73 Å². The van der Waals surface area contributed by atoms with Gasteiger partial charge in [0.25, 0.3) is 0 Å². The van der Waals surface area contributed by atoms with Crippen LogP contribution in [0.2, 0.25) is 0 Å². The first kappa shape index (κ1) is 10.6. The SMILES string of the molecule is COc1cccc(C/C(C)=C(\C)N)c1. The molecule has 0 amide bonds. The van der Waals surface area contributed by atoms with Crippen molar-refractivity contribution in [1.82, 2.24) is 0 Å². The second kappa shape index (κ2) is 4.70. The molecule has 2 N–H and O–H groups in total. The van der Waals surface area contributed by atoms with Crippen molar-refractivity contribution in [1.29, 1.82) is 0 Å². The van der Waals surface area contributed by atoms with E-state index in [1.807, 2.05) is 25.1 Å². The summed E-state index contributed by atoms with van der Waals surface area (Å²) in [6, 6.07) is 8.05. The summed E-state index contributed by atoms with van der Waals surface area (Å²) in [5.74, 6) is 0.893. The van der Waals surface area contributed by atoms with Crippen LogP contribution in [0.25, 0.3) is 0 Å². The van der Waals surface area contributed by atoms with Crippen LogP contribution in [0.15, 0.2) is 35.5 Å². The third-order valence-electron chi connectivity index (χ3n) is 2.28. The molecule has 14 heavy (non-hydrogen) atoms. The topological polar surface area (TPSA) is 35.2 Å². The Morgan fingerprint density at radius 1 is 1.36 bits per heavy atom. The fourth-order valence-electron chi connectivity index (χ4n) is 1.23. The largest absolute Gasteiger partial charge is 0.497 e. The van der Waals surface area contributed by atoms with E-state index < -0.39 is 0 Å². The normalized spacial score (nSPS) is 12.2. The van der Waals surface area contributed by atoms with Crippen LogP contribution in [0.5, 0.6) is 5.75 Å². The van der Waals surface area contributed by atoms with Crippen LogP contribution >= 0.6 is 0 Å². The maximum absolute atomic E-state index is 5.70. The van der Waals surface area contributed by atoms with E-state index in [-0.39, 0.29) is 0 Å². The first-order chi connectivity index (χ1) is 6.63. The molecule has 1 aromatic carbocycles. The molecular weight excluding hydrogens is 174 g/mol. The van der Waals surface area contributed by atoms with Crippen LogP contribution in [-0.2, 0) is 6.42 Å². The molecule has 2 heteroatoms. The van der Waals surface area contributed by atoms with Crippen molar-refractivity contribution in [3.8, 4) is 5.75 Å². The number of rotatable bonds is 3. The minimum Gasteiger partial charge on any atom is -0.497 e. The Morgan fingerprint density at radius 3 is 2.64 bits per heavy atom. The highest BCUT2D eigenvalue weighted by molar-refractivity contribution is 5.31. The molecule has 0 heterocycles. The summed E-state index contributed by atoms with van der Waals surface area (Å²) >= 11 is 0. The lowest BCUT2D eigenvalue weighted by Gasteiger charge is -2.06. The molecule has 76 valence electrons. The third-order valence-corrected chi connectivity index (χ3v) is 2.28. The highest BCUT2D eigenvalue weighted by Gasteiger charge is 1.98. The van der Waals surface area contributed by atoms with E-state index in [9.17, 15) is 0 Å². The summed E-state index contributed by atoms with van der Waals surface area (Å²) in [6.07, 6.45) is 0.888. The van der Waals surface area contributed by atoms with Gasteiger partial charge in [-0.15, -0.1) is 0 Å². The number of ether oxygens (including phenoxy) is 1. The molecule has 0 aromatic heterocycles. The van der Waals surface area contributed by atoms with Crippen LogP contribution in [0.3, 0.4) is 0 Å². The molecule has 1 rings (SSSR count). The Morgan fingerprint density at radius 2 is 2.07 bits per heavy atom. The highest BCUT2D eigenvalue weighted by atomic mass is 16.5. The Kier molecular flexibility index (Phi) is 3.57. The van der Waals surface area contributed by atoms with Gasteiger partial charge in [-0.05, 0) is 38.0 Å². The number of hydrogen-bond donors (Lipinski definition) is 1. The van der Waals surface area contributed by atoms with E-state index in [0.29, 0.717) is 0 Å². The van der Waals surface area contributed by atoms with Gasteiger partial charge in [0.15, 0.2) is 0 Å². The van der Waals surface area contributed by atoms with E-state index in [1.165, 1.54) is 11.1 Å². The molecule has 0 fully saturated rings. The second-order valence-corrected chi connectivity index (χ2v) is 3.49. The molecule has 0 saturated heterocycles. The molecule has 2 nitrogen and oxygen atoms in total. The fourth-order valence-corrected chi connectivity index (χ4v) is 1.23. The van der Waals surface area contributed by atoms with Gasteiger partial charge in [-0.3, -0.25) is 0 Å². The number of hydrogen-bond acceptors (Lipinski definition) is 2. The van der Waals surface area contributed by atoms with Crippen molar-refractivity contribution in [2.75, 3.05) is 7.11 Å². The fraction of sp³-hybridized carbons (Fsp3) is 0.333. The Bertz CT molecular complexity index is 338. The quantitative estimate of drug-likeness (QED) is 0.796. The molecule has 0 unspecified atom stereocenters. The van der Waals surface area contributed by atoms with E-state index >= 15 is 0 Å². The average Bonchev–Trinajstić information content (AvgIpc) is 2.18. The number of allylic oxidation sites excluding steroid dienone is 2. The van der Waals surface area contributed by atoms with Crippen molar-refractivity contribution >= 4 is 0 Å². The summed E-state index contributed by atoms with van der Waals surface area (Å²) in [6.45, 7) is 3.98. The number of methoxy groups -OCH3 is 1. The second-order valence-electron chi connectivity index (χ2n) is 3.49. The first-order valence-corrected chi connectivity index (χ1v) is 4.68. The van der Waals surface area contributed by atoms with Crippen LogP contribution in [0.1, 0.15) is 19.4 Å². The summed E-state index contributed by atoms with van der Waals surface area (Å²) in [4.78, 5) is 0. The smallest absolute Gasteiger partial charge is 0.119 e. The monoisotopic (exact) mass is 191 g/mol. The minimum atomic E-state index is 0.888. The van der Waals surface area contributed by atoms with Crippen molar-refractivity contribution in [3.63, 3.8) is 0 Å². The molecule has 0 atom stereocenters. The average molecular weight is 191 g/mol. The number of nitrogens with two attached hydrogens (primary N) is 1. The lowest BCUT2D eigenvalue weighted by Crippen LogP contribution is -1.98. The number of benzene rings is 1. The summed E-state index contributed by atoms with van der Waals surface area (Å²) < 4.78 is 5.15. The molecule has 0 spiro atoms. The molecule has 0 aliphatic rings. The van der Waals surface area contributed by atoms with Gasteiger partial charge >= 0.3 is 0 Å². The molecule has 0 saturated carbocycles. The lowest BCUT2D eigenvalue weighted by atomic mass is 10.1. The van der Waals surface area contributed by atoms with Crippen LogP contribution in [0, 0.1) is 0 Å². The third kappa shape index (κ3) is 2.80. The molecule has 0 bridgehead atoms. The zero-order chi connectivity index (χ0) is 10.6. The zero-order valence-corrected chi connectivity index (χ0v) is 9.00. The molecular formula is C12H17NO. The van der Waals surface area contributed by atoms with Crippen LogP contribution in [-0.4, -0.2) is 7.11 Å². The summed E-state index contributed by atoms with van der Waals surface area (Å²) in [5, 5.41) is 0. The Hall–Kier alpha value is -1.44. The van der Waals surface area contributed by atoms with Gasteiger partial charge in [-0.2, -0.15) is 0 Å². The van der Waals surface area contributed by atoms with E-state index in [4.69, 9.17) is 10.5 Å². The predicted octanol–water partition coefficient (Wildman–Crippen LogP) is 2.49. The van der Waals surface area contributed by atoms with Crippen molar-refractivity contribution in [3.05, 3.63) is 41.1 Å². The highest BCUT2D eigenvalue weighted by Crippen LogP contribution is 2.16. The maximum atomic E-state index is 5.70. The predicted molar refractivity (Wildman–Crippen MR) is 59.3 cm³/mol. The van der Waals surface area contributed by atoms with Gasteiger partial charge in [0, 0.05) is 5.70 Å². The molecule has 0 aliphatic carbocycles. The zero-order valence-electron chi connectivity index (χ0n) is 9.00. The summed E-state index contributed by atoms with van der Waals surface area (Å²) in [7, 11) is 1.68. The van der Waals surface area contributed by atoms with Gasteiger partial charge in [-0.25, -0.2) is 0 Å². The van der Waals surface area contributed by atoms with Gasteiger partial charge in [0.2, 0.25) is 0 Å². The van der Waals surface area contributed by atoms with E-state index in [1.54, 1.807) is 7.11 Å². The van der Waals surface area contributed by atoms with Crippen molar-refractivity contribution < 1.29 is 4.74 Å². The minimum absolute atomic E-state index is 0.888. The summed E-state index contributed by atoms with van der Waals surface area (Å²) in [5.41, 5.74) is 9.03. The van der Waals surface area contributed by atoms with Gasteiger partial charge in [0.1, 0.15) is 5.75 Å². The molecule has 0 radical (unpaired) electrons. The van der Waals surface area contributed by atoms with E-state index in [2.05, 4.69) is 13.0 Å². The maximum Gasteiger partial charge on any atom is 0.119 e. The van der Waals surface area contributed by atoms with Crippen LogP contribution in [0.4, 0.5) is 0 Å².